The molecule has 0 amide bonds. The molecule has 1 aliphatic carbocycles. The van der Waals surface area contributed by atoms with Crippen molar-refractivity contribution in [2.45, 2.75) is 69.2 Å². The number of hydrogen-bond donors (Lipinski definition) is 1. The summed E-state index contributed by atoms with van der Waals surface area (Å²) in [6, 6.07) is 10.4. The molecule has 2 bridgehead atoms. The summed E-state index contributed by atoms with van der Waals surface area (Å²) in [5.74, 6) is 2.44. The fourth-order valence-corrected chi connectivity index (χ4v) is 7.31. The highest BCUT2D eigenvalue weighted by molar-refractivity contribution is 7.22. The minimum Gasteiger partial charge on any atom is -0.478 e. The molecule has 2 aromatic heterocycles. The molecule has 7 nitrogen and oxygen atoms in total. The zero-order valence-corrected chi connectivity index (χ0v) is 21.9. The summed E-state index contributed by atoms with van der Waals surface area (Å²) in [6.07, 6.45) is 11.6. The van der Waals surface area contributed by atoms with Gasteiger partial charge in [0.05, 0.1) is 34.1 Å². The number of carboxylic acids is 1. The van der Waals surface area contributed by atoms with Gasteiger partial charge in [-0.1, -0.05) is 34.5 Å². The standard InChI is InChI=1S/C30H26FN3O4S/c1-2-16-11-18(29(35)36)12-25-26(16)32-30(39-25)34-19-9-10-20(34)14-21(13-19)37-15-23-27(22-5-3-4-6-24(22)31)33-38-28(23)17-7-8-17/h1,3-6,11-12,17,19-21H,7-10,13-15H2,(H,35,36)/t19-,20+,21?. The Bertz CT molecular complexity index is 1620. The van der Waals surface area contributed by atoms with Crippen LogP contribution in [0.5, 0.6) is 0 Å². The lowest BCUT2D eigenvalue weighted by Gasteiger charge is -2.38. The van der Waals surface area contributed by atoms with Crippen molar-refractivity contribution in [2.75, 3.05) is 4.90 Å². The molecular weight excluding hydrogens is 517 g/mol. The number of halogens is 1. The molecule has 2 aromatic carbocycles. The number of nitrogens with zero attached hydrogens (tertiary/aromatic N) is 3. The monoisotopic (exact) mass is 543 g/mol. The van der Waals surface area contributed by atoms with Crippen molar-refractivity contribution in [1.29, 1.82) is 0 Å². The van der Waals surface area contributed by atoms with E-state index < -0.39 is 5.97 Å². The van der Waals surface area contributed by atoms with E-state index in [1.54, 1.807) is 24.3 Å². The Morgan fingerprint density at radius 1 is 1.21 bits per heavy atom. The van der Waals surface area contributed by atoms with Crippen molar-refractivity contribution >= 4 is 32.7 Å². The van der Waals surface area contributed by atoms with E-state index in [4.69, 9.17) is 20.7 Å². The summed E-state index contributed by atoms with van der Waals surface area (Å²) in [5, 5.41) is 14.6. The van der Waals surface area contributed by atoms with Crippen LogP contribution in [-0.4, -0.2) is 39.4 Å². The SMILES string of the molecule is C#Cc1cc(C(=O)O)cc2sc(N3[C@@H]4CC[C@H]3CC(OCc3c(-c5ccccc5F)noc3C3CC3)C4)nc12. The van der Waals surface area contributed by atoms with Gasteiger partial charge in [0.2, 0.25) is 0 Å². The Hall–Kier alpha value is -3.74. The van der Waals surface area contributed by atoms with Crippen LogP contribution in [0.15, 0.2) is 40.9 Å². The molecule has 1 N–H and O–H groups in total. The van der Waals surface area contributed by atoms with Crippen LogP contribution in [0.2, 0.25) is 0 Å². The number of terminal acetylenes is 1. The first-order valence-corrected chi connectivity index (χ1v) is 14.1. The Morgan fingerprint density at radius 3 is 2.67 bits per heavy atom. The van der Waals surface area contributed by atoms with Crippen LogP contribution in [0.3, 0.4) is 0 Å². The smallest absolute Gasteiger partial charge is 0.335 e. The number of aromatic nitrogens is 2. The van der Waals surface area contributed by atoms with Gasteiger partial charge in [0.1, 0.15) is 17.3 Å². The third-order valence-electron chi connectivity index (χ3n) is 8.16. The van der Waals surface area contributed by atoms with Crippen LogP contribution in [0.25, 0.3) is 21.5 Å². The molecule has 1 unspecified atom stereocenters. The Labute approximate surface area is 228 Å². The normalized spacial score (nSPS) is 22.4. The van der Waals surface area contributed by atoms with E-state index >= 15 is 0 Å². The maximum atomic E-state index is 14.6. The van der Waals surface area contributed by atoms with Gasteiger partial charge >= 0.3 is 5.97 Å². The van der Waals surface area contributed by atoms with Gasteiger partial charge in [-0.25, -0.2) is 14.2 Å². The van der Waals surface area contributed by atoms with Crippen molar-refractivity contribution in [3.05, 3.63) is 64.7 Å². The zero-order chi connectivity index (χ0) is 26.7. The number of thiazole rings is 1. The molecule has 4 aromatic rings. The van der Waals surface area contributed by atoms with Crippen LogP contribution >= 0.6 is 11.3 Å². The van der Waals surface area contributed by atoms with Crippen molar-refractivity contribution in [3.8, 4) is 23.6 Å². The van der Waals surface area contributed by atoms with Gasteiger partial charge in [0.25, 0.3) is 0 Å². The predicted octanol–water partition coefficient (Wildman–Crippen LogP) is 6.36. The second-order valence-corrected chi connectivity index (χ2v) is 11.7. The number of carboxylic acid groups (broad SMARTS) is 1. The molecule has 1 saturated carbocycles. The van der Waals surface area contributed by atoms with Crippen LogP contribution in [0.4, 0.5) is 9.52 Å². The van der Waals surface area contributed by atoms with E-state index in [9.17, 15) is 14.3 Å². The average molecular weight is 544 g/mol. The Kier molecular flexibility index (Phi) is 5.90. The number of aromatic carboxylic acids is 1. The first-order chi connectivity index (χ1) is 19.0. The third-order valence-corrected chi connectivity index (χ3v) is 9.17. The average Bonchev–Trinajstić information content (AvgIpc) is 3.45. The number of benzene rings is 2. The van der Waals surface area contributed by atoms with Gasteiger partial charge in [-0.15, -0.1) is 6.42 Å². The van der Waals surface area contributed by atoms with E-state index in [2.05, 4.69) is 16.0 Å². The highest BCUT2D eigenvalue weighted by Crippen LogP contribution is 2.46. The molecule has 0 spiro atoms. The third kappa shape index (κ3) is 4.28. The second kappa shape index (κ2) is 9.47. The molecule has 4 heterocycles. The maximum Gasteiger partial charge on any atom is 0.335 e. The highest BCUT2D eigenvalue weighted by atomic mass is 32.1. The van der Waals surface area contributed by atoms with E-state index in [0.29, 0.717) is 34.9 Å². The van der Waals surface area contributed by atoms with Crippen LogP contribution in [-0.2, 0) is 11.3 Å². The summed E-state index contributed by atoms with van der Waals surface area (Å²) in [6.45, 7) is 0.341. The lowest BCUT2D eigenvalue weighted by atomic mass is 10.00. The van der Waals surface area contributed by atoms with Gasteiger partial charge in [-0.2, -0.15) is 0 Å². The lowest BCUT2D eigenvalue weighted by Crippen LogP contribution is -2.45. The molecule has 3 fully saturated rings. The van der Waals surface area contributed by atoms with E-state index in [1.807, 2.05) is 0 Å². The second-order valence-electron chi connectivity index (χ2n) is 10.6. The Morgan fingerprint density at radius 2 is 1.97 bits per heavy atom. The summed E-state index contributed by atoms with van der Waals surface area (Å²) >= 11 is 1.50. The Balaban J connectivity index is 1.11. The molecule has 0 radical (unpaired) electrons. The minimum absolute atomic E-state index is 0.0587. The molecule has 7 rings (SSSR count). The summed E-state index contributed by atoms with van der Waals surface area (Å²) in [4.78, 5) is 18.8. The molecule has 2 aliphatic heterocycles. The number of carbonyl (C=O) groups is 1. The maximum absolute atomic E-state index is 14.6. The molecule has 3 atom stereocenters. The van der Waals surface area contributed by atoms with Gasteiger partial charge < -0.3 is 19.3 Å². The number of anilines is 1. The fourth-order valence-electron chi connectivity index (χ4n) is 6.13. The molecule has 2 saturated heterocycles. The molecule has 9 heteroatoms. The first-order valence-electron chi connectivity index (χ1n) is 13.3. The zero-order valence-electron chi connectivity index (χ0n) is 21.1. The summed E-state index contributed by atoms with van der Waals surface area (Å²) in [7, 11) is 0. The van der Waals surface area contributed by atoms with Crippen molar-refractivity contribution in [2.24, 2.45) is 0 Å². The quantitative estimate of drug-likeness (QED) is 0.271. The fraction of sp³-hybridized carbons (Fsp3) is 0.367. The minimum atomic E-state index is -1.00. The van der Waals surface area contributed by atoms with Gasteiger partial charge in [0, 0.05) is 29.1 Å². The number of piperidine rings is 1. The van der Waals surface area contributed by atoms with Crippen molar-refractivity contribution in [3.63, 3.8) is 0 Å². The van der Waals surface area contributed by atoms with Crippen molar-refractivity contribution in [1.82, 2.24) is 10.1 Å². The van der Waals surface area contributed by atoms with E-state index in [-0.39, 0.29) is 29.6 Å². The number of rotatable bonds is 7. The lowest BCUT2D eigenvalue weighted by molar-refractivity contribution is 0.0147. The van der Waals surface area contributed by atoms with E-state index in [1.165, 1.54) is 23.5 Å². The molecular formula is C30H26FN3O4S. The molecule has 39 heavy (non-hydrogen) atoms. The molecule has 198 valence electrons. The number of fused-ring (bicyclic) bond motifs is 3. The van der Waals surface area contributed by atoms with E-state index in [0.717, 1.165) is 59.7 Å². The van der Waals surface area contributed by atoms with Gasteiger partial charge in [-0.05, 0) is 62.8 Å². The highest BCUT2D eigenvalue weighted by Gasteiger charge is 2.43. The summed E-state index contributed by atoms with van der Waals surface area (Å²) < 4.78 is 27.6. The largest absolute Gasteiger partial charge is 0.478 e. The number of ether oxygens (including phenoxy) is 1. The van der Waals surface area contributed by atoms with Crippen LogP contribution < -0.4 is 4.90 Å². The summed E-state index contributed by atoms with van der Waals surface area (Å²) in [5.41, 5.74) is 3.20. The van der Waals surface area contributed by atoms with Gasteiger partial charge in [0.15, 0.2) is 5.13 Å². The topological polar surface area (TPSA) is 88.7 Å². The molecule has 3 aliphatic rings. The first kappa shape index (κ1) is 24.3. The van der Waals surface area contributed by atoms with Crippen molar-refractivity contribution < 1.29 is 23.6 Å². The van der Waals surface area contributed by atoms with Gasteiger partial charge in [-0.3, -0.25) is 0 Å². The van der Waals surface area contributed by atoms with Crippen LogP contribution in [0, 0.1) is 18.2 Å². The van der Waals surface area contributed by atoms with Crippen LogP contribution in [0.1, 0.15) is 71.7 Å². The predicted molar refractivity (Wildman–Crippen MR) is 145 cm³/mol. The number of hydrogen-bond acceptors (Lipinski definition) is 7.